The molecular weight excluding hydrogens is 238 g/mol. The highest BCUT2D eigenvalue weighted by Gasteiger charge is 2.37. The molecular formula is C11H21N3O2S. The molecule has 0 spiro atoms. The second-order valence-electron chi connectivity index (χ2n) is 5.10. The molecule has 5 nitrogen and oxygen atoms in total. The van der Waals surface area contributed by atoms with Crippen molar-refractivity contribution < 1.29 is 8.42 Å². The number of amidine groups is 1. The summed E-state index contributed by atoms with van der Waals surface area (Å²) in [6, 6.07) is 0. The molecule has 0 aromatic heterocycles. The van der Waals surface area contributed by atoms with Crippen molar-refractivity contribution in [1.29, 1.82) is 5.41 Å². The highest BCUT2D eigenvalue weighted by Crippen LogP contribution is 2.29. The molecule has 0 radical (unpaired) electrons. The number of hydrogen-bond donors (Lipinski definition) is 2. The van der Waals surface area contributed by atoms with Crippen molar-refractivity contribution >= 4 is 15.9 Å². The van der Waals surface area contributed by atoms with Crippen LogP contribution >= 0.6 is 0 Å². The Bertz CT molecular complexity index is 388. The summed E-state index contributed by atoms with van der Waals surface area (Å²) in [5.41, 5.74) is 5.49. The molecule has 1 saturated carbocycles. The van der Waals surface area contributed by atoms with Crippen LogP contribution in [0.1, 0.15) is 38.5 Å². The Labute approximate surface area is 103 Å². The van der Waals surface area contributed by atoms with Gasteiger partial charge in [-0.05, 0) is 25.7 Å². The van der Waals surface area contributed by atoms with Gasteiger partial charge in [0.2, 0.25) is 10.0 Å². The van der Waals surface area contributed by atoms with Gasteiger partial charge in [-0.15, -0.1) is 0 Å². The van der Waals surface area contributed by atoms with E-state index in [1.54, 1.807) is 4.31 Å². The number of nitrogens with zero attached hydrogens (tertiary/aromatic N) is 1. The molecule has 2 aliphatic rings. The van der Waals surface area contributed by atoms with E-state index in [0.29, 0.717) is 13.1 Å². The van der Waals surface area contributed by atoms with E-state index in [1.807, 2.05) is 0 Å². The quantitative estimate of drug-likeness (QED) is 0.583. The number of nitrogens with two attached hydrogens (primary N) is 1. The van der Waals surface area contributed by atoms with Crippen LogP contribution in [0.15, 0.2) is 0 Å². The van der Waals surface area contributed by atoms with Crippen LogP contribution in [0.25, 0.3) is 0 Å². The van der Waals surface area contributed by atoms with E-state index in [0.717, 1.165) is 38.5 Å². The summed E-state index contributed by atoms with van der Waals surface area (Å²) in [5, 5.41) is 7.26. The molecule has 2 rings (SSSR count). The Morgan fingerprint density at radius 1 is 1.18 bits per heavy atom. The predicted molar refractivity (Wildman–Crippen MR) is 67.4 cm³/mol. The second-order valence-corrected chi connectivity index (χ2v) is 7.32. The van der Waals surface area contributed by atoms with Crippen molar-refractivity contribution in [2.75, 3.05) is 13.1 Å². The third kappa shape index (κ3) is 2.63. The van der Waals surface area contributed by atoms with Gasteiger partial charge in [0.1, 0.15) is 0 Å². The van der Waals surface area contributed by atoms with E-state index in [9.17, 15) is 8.42 Å². The Morgan fingerprint density at radius 2 is 1.82 bits per heavy atom. The molecule has 0 bridgehead atoms. The molecule has 1 unspecified atom stereocenters. The van der Waals surface area contributed by atoms with Crippen molar-refractivity contribution in [3.05, 3.63) is 0 Å². The largest absolute Gasteiger partial charge is 0.387 e. The fourth-order valence-corrected chi connectivity index (χ4v) is 4.95. The maximum atomic E-state index is 12.4. The molecule has 6 heteroatoms. The minimum atomic E-state index is -3.15. The zero-order valence-corrected chi connectivity index (χ0v) is 10.9. The highest BCUT2D eigenvalue weighted by molar-refractivity contribution is 7.89. The number of nitrogens with one attached hydrogen (secondary N) is 1. The van der Waals surface area contributed by atoms with Crippen LogP contribution < -0.4 is 5.73 Å². The van der Waals surface area contributed by atoms with Crippen LogP contribution in [-0.2, 0) is 10.0 Å². The first kappa shape index (κ1) is 12.8. The van der Waals surface area contributed by atoms with Gasteiger partial charge in [-0.1, -0.05) is 12.8 Å². The number of hydrogen-bond acceptors (Lipinski definition) is 3. The van der Waals surface area contributed by atoms with Gasteiger partial charge < -0.3 is 5.73 Å². The molecule has 1 aliphatic heterocycles. The Morgan fingerprint density at radius 3 is 2.41 bits per heavy atom. The molecule has 2 fully saturated rings. The molecule has 1 atom stereocenters. The third-order valence-electron chi connectivity index (χ3n) is 3.91. The molecule has 0 amide bonds. The minimum absolute atomic E-state index is 0.0834. The third-order valence-corrected chi connectivity index (χ3v) is 6.27. The maximum absolute atomic E-state index is 12.4. The topological polar surface area (TPSA) is 87.2 Å². The Hall–Kier alpha value is -0.620. The van der Waals surface area contributed by atoms with Gasteiger partial charge in [0, 0.05) is 19.0 Å². The lowest BCUT2D eigenvalue weighted by Crippen LogP contribution is -2.46. The zero-order valence-electron chi connectivity index (χ0n) is 10.1. The summed E-state index contributed by atoms with van der Waals surface area (Å²) in [5.74, 6) is 0.0382. The smallest absolute Gasteiger partial charge is 0.217 e. The van der Waals surface area contributed by atoms with Crippen molar-refractivity contribution in [2.24, 2.45) is 11.7 Å². The summed E-state index contributed by atoms with van der Waals surface area (Å²) < 4.78 is 26.3. The summed E-state index contributed by atoms with van der Waals surface area (Å²) in [6.07, 6.45) is 5.29. The summed E-state index contributed by atoms with van der Waals surface area (Å²) >= 11 is 0. The van der Waals surface area contributed by atoms with Gasteiger partial charge in [-0.2, -0.15) is 0 Å². The molecule has 0 aromatic carbocycles. The average molecular weight is 259 g/mol. The summed E-state index contributed by atoms with van der Waals surface area (Å²) in [7, 11) is -3.15. The second kappa shape index (κ2) is 4.94. The van der Waals surface area contributed by atoms with Gasteiger partial charge in [0.25, 0.3) is 0 Å². The van der Waals surface area contributed by atoms with Crippen LogP contribution in [-0.4, -0.2) is 36.9 Å². The van der Waals surface area contributed by atoms with Crippen molar-refractivity contribution in [1.82, 2.24) is 4.31 Å². The first-order chi connectivity index (χ1) is 8.01. The normalized spacial score (nSPS) is 28.4. The fourth-order valence-electron chi connectivity index (χ4n) is 2.82. The first-order valence-corrected chi connectivity index (χ1v) is 7.85. The molecule has 17 heavy (non-hydrogen) atoms. The molecule has 1 saturated heterocycles. The van der Waals surface area contributed by atoms with E-state index in [2.05, 4.69) is 0 Å². The Balaban J connectivity index is 2.08. The van der Waals surface area contributed by atoms with Crippen LogP contribution in [0.5, 0.6) is 0 Å². The van der Waals surface area contributed by atoms with Crippen LogP contribution in [0.3, 0.4) is 0 Å². The van der Waals surface area contributed by atoms with Crippen LogP contribution in [0.2, 0.25) is 0 Å². The first-order valence-electron chi connectivity index (χ1n) is 6.34. The minimum Gasteiger partial charge on any atom is -0.387 e. The lowest BCUT2D eigenvalue weighted by molar-refractivity contribution is 0.307. The van der Waals surface area contributed by atoms with Gasteiger partial charge in [-0.25, -0.2) is 12.7 Å². The Kier molecular flexibility index (Phi) is 3.73. The summed E-state index contributed by atoms with van der Waals surface area (Å²) in [6.45, 7) is 1.01. The average Bonchev–Trinajstić information content (AvgIpc) is 2.83. The van der Waals surface area contributed by atoms with Gasteiger partial charge in [0.05, 0.1) is 11.1 Å². The van der Waals surface area contributed by atoms with Gasteiger partial charge in [0.15, 0.2) is 0 Å². The van der Waals surface area contributed by atoms with E-state index < -0.39 is 10.0 Å². The van der Waals surface area contributed by atoms with Crippen molar-refractivity contribution in [3.63, 3.8) is 0 Å². The molecule has 3 N–H and O–H groups in total. The zero-order chi connectivity index (χ0) is 12.5. The van der Waals surface area contributed by atoms with E-state index in [-0.39, 0.29) is 17.0 Å². The molecule has 0 aromatic rings. The molecule has 98 valence electrons. The van der Waals surface area contributed by atoms with Crippen molar-refractivity contribution in [2.45, 2.75) is 43.8 Å². The van der Waals surface area contributed by atoms with Gasteiger partial charge in [-0.3, -0.25) is 5.41 Å². The van der Waals surface area contributed by atoms with Crippen LogP contribution in [0, 0.1) is 11.3 Å². The standard InChI is InChI=1S/C11H21N3O2S/c12-11(13)9-4-3-7-14(8-9)17(15,16)10-5-1-2-6-10/h9-10H,1-8H2,(H3,12,13). The maximum Gasteiger partial charge on any atom is 0.217 e. The number of rotatable bonds is 3. The van der Waals surface area contributed by atoms with E-state index >= 15 is 0 Å². The summed E-state index contributed by atoms with van der Waals surface area (Å²) in [4.78, 5) is 0. The van der Waals surface area contributed by atoms with Crippen LogP contribution in [0.4, 0.5) is 0 Å². The fraction of sp³-hybridized carbons (Fsp3) is 0.909. The lowest BCUT2D eigenvalue weighted by Gasteiger charge is -2.33. The van der Waals surface area contributed by atoms with E-state index in [4.69, 9.17) is 11.1 Å². The highest BCUT2D eigenvalue weighted by atomic mass is 32.2. The number of piperidine rings is 1. The van der Waals surface area contributed by atoms with Crippen molar-refractivity contribution in [3.8, 4) is 0 Å². The SMILES string of the molecule is N=C(N)C1CCCN(S(=O)(=O)C2CCCC2)C1. The molecule has 1 aliphatic carbocycles. The number of sulfonamides is 1. The van der Waals surface area contributed by atoms with E-state index in [1.165, 1.54) is 0 Å². The predicted octanol–water partition coefficient (Wildman–Crippen LogP) is 0.907. The van der Waals surface area contributed by atoms with Gasteiger partial charge >= 0.3 is 0 Å². The lowest BCUT2D eigenvalue weighted by atomic mass is 9.99. The molecule has 1 heterocycles. The monoisotopic (exact) mass is 259 g/mol.